The largest absolute Gasteiger partial charge is 0.489 e. The highest BCUT2D eigenvalue weighted by molar-refractivity contribution is 7.89. The van der Waals surface area contributed by atoms with Crippen molar-refractivity contribution < 1.29 is 27.4 Å². The molecule has 3 aromatic rings. The van der Waals surface area contributed by atoms with Gasteiger partial charge in [0.25, 0.3) is 5.91 Å². The smallest absolute Gasteiger partial charge is 0.262 e. The van der Waals surface area contributed by atoms with E-state index in [9.17, 15) is 13.2 Å². The molecule has 1 N–H and O–H groups in total. The fourth-order valence-corrected chi connectivity index (χ4v) is 5.25. The van der Waals surface area contributed by atoms with Crippen molar-refractivity contribution in [3.63, 3.8) is 0 Å². The molecule has 1 fully saturated rings. The number of hydrogen-bond donors (Lipinski definition) is 1. The third kappa shape index (κ3) is 6.73. The van der Waals surface area contributed by atoms with Crippen LogP contribution in [-0.4, -0.2) is 51.5 Å². The van der Waals surface area contributed by atoms with Crippen LogP contribution in [0, 0.1) is 0 Å². The Bertz CT molecular complexity index is 1250. The number of sulfonamides is 1. The summed E-state index contributed by atoms with van der Waals surface area (Å²) in [5.74, 6) is 0.288. The molecule has 0 atom stereocenters. The molecule has 4 rings (SSSR count). The van der Waals surface area contributed by atoms with Crippen LogP contribution < -0.4 is 14.8 Å². The maximum atomic E-state index is 13.1. The lowest BCUT2D eigenvalue weighted by Gasteiger charge is -2.26. The lowest BCUT2D eigenvalue weighted by molar-refractivity contribution is -0.118. The molecule has 3 aromatic carbocycles. The van der Waals surface area contributed by atoms with Crippen LogP contribution in [0.3, 0.4) is 0 Å². The monoisotopic (exact) mass is 516 g/mol. The number of carbonyl (C=O) groups is 1. The van der Waals surface area contributed by atoms with Crippen LogP contribution in [0.5, 0.6) is 11.5 Å². The molecule has 1 heterocycles. The SMILES string of the molecule is O=C(COc1ccc(Cl)cc1S(=O)(=O)N1CCOCC1)Nc1ccc(OCc2ccccc2)cc1. The molecule has 8 nitrogen and oxygen atoms in total. The summed E-state index contributed by atoms with van der Waals surface area (Å²) in [6.45, 7) is 1.17. The number of nitrogens with zero attached hydrogens (tertiary/aromatic N) is 1. The second kappa shape index (κ2) is 11.5. The van der Waals surface area contributed by atoms with Crippen LogP contribution in [0.15, 0.2) is 77.7 Å². The highest BCUT2D eigenvalue weighted by Gasteiger charge is 2.29. The first-order valence-electron chi connectivity index (χ1n) is 11.0. The highest BCUT2D eigenvalue weighted by atomic mass is 35.5. The number of amides is 1. The van der Waals surface area contributed by atoms with E-state index in [1.165, 1.54) is 22.5 Å². The Morgan fingerprint density at radius 1 is 0.971 bits per heavy atom. The standard InChI is InChI=1S/C25H25ClN2O6S/c26-20-6-11-23(24(16-20)35(30,31)28-12-14-32-15-13-28)34-18-25(29)27-21-7-9-22(10-8-21)33-17-19-4-2-1-3-5-19/h1-11,16H,12-15,17-18H2,(H,27,29). The van der Waals surface area contributed by atoms with Crippen molar-refractivity contribution in [3.05, 3.63) is 83.4 Å². The number of nitrogens with one attached hydrogen (secondary N) is 1. The molecule has 0 aliphatic carbocycles. The lowest BCUT2D eigenvalue weighted by Crippen LogP contribution is -2.40. The van der Waals surface area contributed by atoms with Gasteiger partial charge in [0.2, 0.25) is 10.0 Å². The summed E-state index contributed by atoms with van der Waals surface area (Å²) >= 11 is 6.05. The third-order valence-corrected chi connectivity index (χ3v) is 7.39. The van der Waals surface area contributed by atoms with Gasteiger partial charge in [-0.25, -0.2) is 8.42 Å². The summed E-state index contributed by atoms with van der Waals surface area (Å²) in [4.78, 5) is 12.4. The normalized spacial score (nSPS) is 14.3. The zero-order valence-corrected chi connectivity index (χ0v) is 20.4. The van der Waals surface area contributed by atoms with E-state index in [0.717, 1.165) is 5.56 Å². The summed E-state index contributed by atoms with van der Waals surface area (Å²) in [5, 5.41) is 2.98. The van der Waals surface area contributed by atoms with Gasteiger partial charge in [0.05, 0.1) is 13.2 Å². The van der Waals surface area contributed by atoms with Crippen molar-refractivity contribution in [2.24, 2.45) is 0 Å². The molecule has 184 valence electrons. The predicted molar refractivity (Wildman–Crippen MR) is 132 cm³/mol. The van der Waals surface area contributed by atoms with Gasteiger partial charge >= 0.3 is 0 Å². The molecule has 0 radical (unpaired) electrons. The summed E-state index contributed by atoms with van der Waals surface area (Å²) in [6, 6.07) is 21.0. The molecule has 1 amide bonds. The van der Waals surface area contributed by atoms with Crippen LogP contribution in [0.25, 0.3) is 0 Å². The molecular formula is C25H25ClN2O6S. The van der Waals surface area contributed by atoms with E-state index in [0.29, 0.717) is 31.3 Å². The number of anilines is 1. The molecule has 1 aliphatic heterocycles. The minimum atomic E-state index is -3.85. The summed E-state index contributed by atoms with van der Waals surface area (Å²) in [5.41, 5.74) is 1.61. The fraction of sp³-hybridized carbons (Fsp3) is 0.240. The fourth-order valence-electron chi connectivity index (χ4n) is 3.44. The Labute approximate surface area is 209 Å². The first-order valence-corrected chi connectivity index (χ1v) is 12.8. The quantitative estimate of drug-likeness (QED) is 0.462. The number of carbonyl (C=O) groups excluding carboxylic acids is 1. The van der Waals surface area contributed by atoms with Crippen molar-refractivity contribution in [3.8, 4) is 11.5 Å². The third-order valence-electron chi connectivity index (χ3n) is 5.24. The zero-order valence-electron chi connectivity index (χ0n) is 18.9. The van der Waals surface area contributed by atoms with Crippen molar-refractivity contribution in [1.29, 1.82) is 0 Å². The molecule has 0 aromatic heterocycles. The van der Waals surface area contributed by atoms with E-state index in [2.05, 4.69) is 5.32 Å². The van der Waals surface area contributed by atoms with Crippen molar-refractivity contribution >= 4 is 33.2 Å². The van der Waals surface area contributed by atoms with Gasteiger partial charge in [-0.15, -0.1) is 0 Å². The molecule has 0 saturated carbocycles. The molecule has 0 spiro atoms. The van der Waals surface area contributed by atoms with E-state index < -0.39 is 15.9 Å². The number of morpholine rings is 1. The maximum absolute atomic E-state index is 13.1. The van der Waals surface area contributed by atoms with Gasteiger partial charge in [0, 0.05) is 23.8 Å². The van der Waals surface area contributed by atoms with E-state index in [1.807, 2.05) is 30.3 Å². The van der Waals surface area contributed by atoms with E-state index >= 15 is 0 Å². The summed E-state index contributed by atoms with van der Waals surface area (Å²) in [6.07, 6.45) is 0. The van der Waals surface area contributed by atoms with Gasteiger partial charge in [-0.2, -0.15) is 4.31 Å². The molecule has 0 unspecified atom stereocenters. The van der Waals surface area contributed by atoms with E-state index in [-0.39, 0.29) is 35.4 Å². The Morgan fingerprint density at radius 2 is 1.69 bits per heavy atom. The first-order chi connectivity index (χ1) is 16.9. The maximum Gasteiger partial charge on any atom is 0.262 e. The predicted octanol–water partition coefficient (Wildman–Crippen LogP) is 3.96. The second-order valence-corrected chi connectivity index (χ2v) is 10.1. The summed E-state index contributed by atoms with van der Waals surface area (Å²) in [7, 11) is -3.85. The minimum Gasteiger partial charge on any atom is -0.489 e. The van der Waals surface area contributed by atoms with Crippen LogP contribution in [-0.2, 0) is 26.2 Å². The molecule has 1 saturated heterocycles. The Balaban J connectivity index is 1.35. The number of ether oxygens (including phenoxy) is 3. The van der Waals surface area contributed by atoms with Gasteiger partial charge in [-0.3, -0.25) is 4.79 Å². The van der Waals surface area contributed by atoms with Gasteiger partial charge in [0.15, 0.2) is 6.61 Å². The molecule has 10 heteroatoms. The van der Waals surface area contributed by atoms with Gasteiger partial charge < -0.3 is 19.5 Å². The average Bonchev–Trinajstić information content (AvgIpc) is 2.88. The number of hydrogen-bond acceptors (Lipinski definition) is 6. The number of benzene rings is 3. The number of rotatable bonds is 9. The lowest BCUT2D eigenvalue weighted by atomic mass is 10.2. The van der Waals surface area contributed by atoms with E-state index in [1.54, 1.807) is 24.3 Å². The van der Waals surface area contributed by atoms with Crippen LogP contribution in [0.4, 0.5) is 5.69 Å². The molecule has 0 bridgehead atoms. The van der Waals surface area contributed by atoms with Crippen LogP contribution in [0.1, 0.15) is 5.56 Å². The minimum absolute atomic E-state index is 0.0562. The number of halogens is 1. The van der Waals surface area contributed by atoms with Gasteiger partial charge in [-0.05, 0) is 48.0 Å². The molecular weight excluding hydrogens is 492 g/mol. The highest BCUT2D eigenvalue weighted by Crippen LogP contribution is 2.30. The van der Waals surface area contributed by atoms with Crippen LogP contribution in [0.2, 0.25) is 5.02 Å². The Kier molecular flexibility index (Phi) is 8.25. The zero-order chi connectivity index (χ0) is 24.7. The first kappa shape index (κ1) is 25.0. The molecule has 1 aliphatic rings. The van der Waals surface area contributed by atoms with Gasteiger partial charge in [-0.1, -0.05) is 41.9 Å². The molecule has 35 heavy (non-hydrogen) atoms. The van der Waals surface area contributed by atoms with Gasteiger partial charge in [0.1, 0.15) is 23.0 Å². The van der Waals surface area contributed by atoms with Crippen molar-refractivity contribution in [2.45, 2.75) is 11.5 Å². The average molecular weight is 517 g/mol. The van der Waals surface area contributed by atoms with Crippen molar-refractivity contribution in [2.75, 3.05) is 38.2 Å². The topological polar surface area (TPSA) is 94.2 Å². The summed E-state index contributed by atoms with van der Waals surface area (Å²) < 4.78 is 44.1. The Hall–Kier alpha value is -3.11. The van der Waals surface area contributed by atoms with Crippen LogP contribution >= 0.6 is 11.6 Å². The second-order valence-electron chi connectivity index (χ2n) is 7.74. The Morgan fingerprint density at radius 3 is 2.40 bits per heavy atom. The van der Waals surface area contributed by atoms with E-state index in [4.69, 9.17) is 25.8 Å². The van der Waals surface area contributed by atoms with Crippen molar-refractivity contribution in [1.82, 2.24) is 4.31 Å².